The topological polar surface area (TPSA) is 73.2 Å². The number of aldehydes is 1. The summed E-state index contributed by atoms with van der Waals surface area (Å²) in [7, 11) is 6.02. The minimum atomic E-state index is -0.608. The van der Waals surface area contributed by atoms with Crippen LogP contribution in [0.5, 0.6) is 0 Å². The van der Waals surface area contributed by atoms with Crippen LogP contribution in [0.1, 0.15) is 63.8 Å². The lowest BCUT2D eigenvalue weighted by Crippen LogP contribution is -2.29. The molecule has 1 fully saturated rings. The Kier molecular flexibility index (Phi) is 10.5. The molecule has 1 aliphatic heterocycles. The van der Waals surface area contributed by atoms with Crippen LogP contribution in [0.2, 0.25) is 0 Å². The summed E-state index contributed by atoms with van der Waals surface area (Å²) < 4.78 is 15.2. The third kappa shape index (κ3) is 7.23. The summed E-state index contributed by atoms with van der Waals surface area (Å²) in [6, 6.07) is 4.05. The molecule has 3 heterocycles. The highest BCUT2D eigenvalue weighted by molar-refractivity contribution is 7.14. The van der Waals surface area contributed by atoms with Crippen molar-refractivity contribution in [1.82, 2.24) is 14.8 Å². The van der Waals surface area contributed by atoms with Gasteiger partial charge in [-0.05, 0) is 81.2 Å². The average Bonchev–Trinajstić information content (AvgIpc) is 3.21. The van der Waals surface area contributed by atoms with Crippen LogP contribution in [0.15, 0.2) is 40.3 Å². The Hall–Kier alpha value is -3.17. The van der Waals surface area contributed by atoms with Crippen molar-refractivity contribution in [2.75, 3.05) is 46.2 Å². The summed E-state index contributed by atoms with van der Waals surface area (Å²) in [5.41, 5.74) is 3.58. The molecular formula is C29H39FN6OS. The smallest absolute Gasteiger partial charge is 0.168 e. The quantitative estimate of drug-likeness (QED) is 0.276. The maximum absolute atomic E-state index is 15.2. The lowest BCUT2D eigenvalue weighted by Gasteiger charge is -2.29. The number of piperidine rings is 1. The number of thiophene rings is 1. The first-order valence-electron chi connectivity index (χ1n) is 12.9. The fourth-order valence-electron chi connectivity index (χ4n) is 4.52. The number of allylic oxidation sites excluding steroid dienone is 2. The number of carbonyl (C=O) groups is 1. The molecule has 7 nitrogen and oxygen atoms in total. The van der Waals surface area contributed by atoms with Gasteiger partial charge >= 0.3 is 0 Å². The van der Waals surface area contributed by atoms with E-state index in [2.05, 4.69) is 58.9 Å². The molecule has 0 aliphatic carbocycles. The molecule has 204 valence electrons. The van der Waals surface area contributed by atoms with E-state index in [0.29, 0.717) is 27.7 Å². The van der Waals surface area contributed by atoms with E-state index >= 15 is 4.39 Å². The van der Waals surface area contributed by atoms with E-state index in [-0.39, 0.29) is 18.3 Å². The van der Waals surface area contributed by atoms with Crippen LogP contribution in [0, 0.1) is 12.8 Å². The van der Waals surface area contributed by atoms with Gasteiger partial charge in [-0.1, -0.05) is 19.9 Å². The van der Waals surface area contributed by atoms with Crippen LogP contribution in [0.25, 0.3) is 11.3 Å². The van der Waals surface area contributed by atoms with Gasteiger partial charge in [0.2, 0.25) is 0 Å². The molecule has 2 aromatic rings. The van der Waals surface area contributed by atoms with Crippen molar-refractivity contribution in [2.24, 2.45) is 15.9 Å². The number of rotatable bonds is 11. The zero-order chi connectivity index (χ0) is 27.8. The van der Waals surface area contributed by atoms with Gasteiger partial charge in [0.1, 0.15) is 18.2 Å². The third-order valence-corrected chi connectivity index (χ3v) is 8.09. The number of likely N-dealkylation sites (tertiary alicyclic amines) is 1. The van der Waals surface area contributed by atoms with Gasteiger partial charge in [0.15, 0.2) is 12.1 Å². The molecule has 38 heavy (non-hydrogen) atoms. The second-order valence-corrected chi connectivity index (χ2v) is 11.2. The number of pyridine rings is 1. The summed E-state index contributed by atoms with van der Waals surface area (Å²) in [6.07, 6.45) is 8.17. The first-order chi connectivity index (χ1) is 18.2. The molecule has 1 aliphatic rings. The highest BCUT2D eigenvalue weighted by Crippen LogP contribution is 2.40. The summed E-state index contributed by atoms with van der Waals surface area (Å²) in [4.78, 5) is 30.3. The molecule has 1 saturated heterocycles. The number of hydrogen-bond acceptors (Lipinski definition) is 8. The van der Waals surface area contributed by atoms with Gasteiger partial charge in [-0.15, -0.1) is 11.3 Å². The van der Waals surface area contributed by atoms with Crippen molar-refractivity contribution in [2.45, 2.75) is 39.5 Å². The summed E-state index contributed by atoms with van der Waals surface area (Å²) in [5, 5.41) is 3.10. The standard InChI is InChI=1S/C29H39FN6OS/c1-19(2)23(16-35(5)6)29-24(17-37)20(3)28(38-29)27(31-4)25(30)15-32-18-34-26-9-8-22(14-33-26)21-10-12-36(7)13-11-21/h8-9,14-17,19,21H,4,10-13,18H2,1-3,5-7H3,(H,33,34)/b23-16-,27-25+,32-15-. The van der Waals surface area contributed by atoms with Crippen molar-refractivity contribution < 1.29 is 9.18 Å². The van der Waals surface area contributed by atoms with Crippen LogP contribution < -0.4 is 5.32 Å². The van der Waals surface area contributed by atoms with E-state index in [1.165, 1.54) is 16.9 Å². The lowest BCUT2D eigenvalue weighted by atomic mass is 9.91. The highest BCUT2D eigenvalue weighted by Gasteiger charge is 2.23. The van der Waals surface area contributed by atoms with E-state index in [1.807, 2.05) is 44.4 Å². The molecule has 0 spiro atoms. The fourth-order valence-corrected chi connectivity index (χ4v) is 5.96. The molecular weight excluding hydrogens is 499 g/mol. The number of aromatic nitrogens is 1. The Morgan fingerprint density at radius 3 is 2.58 bits per heavy atom. The Bertz CT molecular complexity index is 1200. The van der Waals surface area contributed by atoms with Gasteiger partial charge < -0.3 is 15.1 Å². The van der Waals surface area contributed by atoms with E-state index in [1.54, 1.807) is 0 Å². The predicted octanol–water partition coefficient (Wildman–Crippen LogP) is 6.11. The molecule has 2 aromatic heterocycles. The zero-order valence-electron chi connectivity index (χ0n) is 23.3. The Labute approximate surface area is 229 Å². The number of nitrogens with one attached hydrogen (secondary N) is 1. The molecule has 0 bridgehead atoms. The van der Waals surface area contributed by atoms with Gasteiger partial charge in [-0.25, -0.2) is 9.37 Å². The molecule has 0 unspecified atom stereocenters. The Morgan fingerprint density at radius 2 is 2.03 bits per heavy atom. The Morgan fingerprint density at radius 1 is 1.32 bits per heavy atom. The second-order valence-electron chi connectivity index (χ2n) is 10.2. The first kappa shape index (κ1) is 29.4. The zero-order valence-corrected chi connectivity index (χ0v) is 24.1. The van der Waals surface area contributed by atoms with Gasteiger partial charge in [-0.3, -0.25) is 14.8 Å². The number of nitrogens with zero attached hydrogens (tertiary/aromatic N) is 5. The number of carbonyl (C=O) groups excluding carboxylic acids is 1. The largest absolute Gasteiger partial charge is 0.383 e. The van der Waals surface area contributed by atoms with E-state index in [0.717, 1.165) is 48.9 Å². The van der Waals surface area contributed by atoms with Gasteiger partial charge in [0, 0.05) is 36.9 Å². The molecule has 0 radical (unpaired) electrons. The number of halogens is 1. The molecule has 0 atom stereocenters. The maximum Gasteiger partial charge on any atom is 0.168 e. The minimum Gasteiger partial charge on any atom is -0.383 e. The van der Waals surface area contributed by atoms with Gasteiger partial charge in [0.05, 0.1) is 11.1 Å². The molecule has 0 aromatic carbocycles. The summed E-state index contributed by atoms with van der Waals surface area (Å²) in [6.45, 7) is 11.9. The maximum atomic E-state index is 15.2. The van der Waals surface area contributed by atoms with Crippen molar-refractivity contribution >= 4 is 47.6 Å². The second kappa shape index (κ2) is 13.6. The SMILES string of the molecule is C=N/C(=C(F)\C=N/CNc1ccc(C2CCN(C)CC2)cn1)c1sc(/C(=C\N(C)C)C(C)C)c(C=O)c1C. The summed E-state index contributed by atoms with van der Waals surface area (Å²) >= 11 is 1.35. The van der Waals surface area contributed by atoms with Crippen LogP contribution in [0.4, 0.5) is 10.2 Å². The van der Waals surface area contributed by atoms with Crippen molar-refractivity contribution in [1.29, 1.82) is 0 Å². The molecule has 3 rings (SSSR count). The van der Waals surface area contributed by atoms with Crippen LogP contribution in [-0.2, 0) is 0 Å². The fraction of sp³-hybridized carbons (Fsp3) is 0.448. The molecule has 0 amide bonds. The number of aliphatic imine (C=N–C) groups is 2. The average molecular weight is 539 g/mol. The Balaban J connectivity index is 1.74. The van der Waals surface area contributed by atoms with Gasteiger partial charge in [-0.2, -0.15) is 0 Å². The predicted molar refractivity (Wildman–Crippen MR) is 159 cm³/mol. The normalized spacial score (nSPS) is 16.2. The minimum absolute atomic E-state index is 0.0826. The molecule has 9 heteroatoms. The lowest BCUT2D eigenvalue weighted by molar-refractivity contribution is 0.112. The molecule has 1 N–H and O–H groups in total. The van der Waals surface area contributed by atoms with E-state index in [4.69, 9.17) is 0 Å². The number of anilines is 1. The van der Waals surface area contributed by atoms with Gasteiger partial charge in [0.25, 0.3) is 0 Å². The number of hydrogen-bond donors (Lipinski definition) is 1. The van der Waals surface area contributed by atoms with E-state index < -0.39 is 5.83 Å². The van der Waals surface area contributed by atoms with Crippen molar-refractivity contribution in [3.63, 3.8) is 0 Å². The third-order valence-electron chi connectivity index (χ3n) is 6.72. The highest BCUT2D eigenvalue weighted by atomic mass is 32.1. The van der Waals surface area contributed by atoms with Crippen molar-refractivity contribution in [3.05, 3.63) is 56.8 Å². The van der Waals surface area contributed by atoms with Crippen LogP contribution in [-0.4, -0.2) is 74.9 Å². The van der Waals surface area contributed by atoms with Crippen molar-refractivity contribution in [3.8, 4) is 0 Å². The summed E-state index contributed by atoms with van der Waals surface area (Å²) in [5.74, 6) is 0.804. The molecule has 0 saturated carbocycles. The monoisotopic (exact) mass is 538 g/mol. The van der Waals surface area contributed by atoms with Crippen LogP contribution in [0.3, 0.4) is 0 Å². The van der Waals surface area contributed by atoms with E-state index in [9.17, 15) is 4.79 Å². The van der Waals surface area contributed by atoms with Crippen LogP contribution >= 0.6 is 11.3 Å². The first-order valence-corrected chi connectivity index (χ1v) is 13.7.